The van der Waals surface area contributed by atoms with Crippen LogP contribution in [0.1, 0.15) is 5.89 Å². The van der Waals surface area contributed by atoms with Crippen molar-refractivity contribution in [1.29, 1.82) is 0 Å². The number of ether oxygens (including phenoxy) is 1. The van der Waals surface area contributed by atoms with Gasteiger partial charge in [-0.15, -0.1) is 0 Å². The fraction of sp³-hybridized carbons (Fsp3) is 0.167. The zero-order valence-corrected chi connectivity index (χ0v) is 14.5. The van der Waals surface area contributed by atoms with Gasteiger partial charge in [0.1, 0.15) is 12.2 Å². The molecule has 0 saturated carbocycles. The molecule has 2 aromatic carbocycles. The van der Waals surface area contributed by atoms with Crippen molar-refractivity contribution < 1.29 is 14.1 Å². The zero-order valence-electron chi connectivity index (χ0n) is 13.8. The largest absolute Gasteiger partial charge is 0.497 e. The van der Waals surface area contributed by atoms with Crippen molar-refractivity contribution in [2.75, 3.05) is 19.1 Å². The SMILES string of the molecule is COc1ccc(-c2noc(CC(=O)N(C)c3ccccc3Cl)n2)cc1. The lowest BCUT2D eigenvalue weighted by Gasteiger charge is -2.17. The van der Waals surface area contributed by atoms with Gasteiger partial charge in [-0.25, -0.2) is 0 Å². The van der Waals surface area contributed by atoms with Crippen LogP contribution in [0.2, 0.25) is 5.02 Å². The highest BCUT2D eigenvalue weighted by Crippen LogP contribution is 2.25. The number of methoxy groups -OCH3 is 1. The molecular formula is C18H16ClN3O3. The molecule has 0 unspecified atom stereocenters. The summed E-state index contributed by atoms with van der Waals surface area (Å²) in [5.41, 5.74) is 1.41. The lowest BCUT2D eigenvalue weighted by atomic mass is 10.2. The Kier molecular flexibility index (Phi) is 5.00. The fourth-order valence-corrected chi connectivity index (χ4v) is 2.55. The van der Waals surface area contributed by atoms with Crippen molar-refractivity contribution >= 4 is 23.2 Å². The van der Waals surface area contributed by atoms with Crippen molar-refractivity contribution in [2.24, 2.45) is 0 Å². The number of halogens is 1. The van der Waals surface area contributed by atoms with Gasteiger partial charge in [-0.2, -0.15) is 4.98 Å². The molecule has 0 N–H and O–H groups in total. The minimum Gasteiger partial charge on any atom is -0.497 e. The maximum atomic E-state index is 12.4. The molecule has 6 nitrogen and oxygen atoms in total. The summed E-state index contributed by atoms with van der Waals surface area (Å²) >= 11 is 6.12. The first-order valence-electron chi connectivity index (χ1n) is 7.56. The number of carbonyl (C=O) groups is 1. The number of aromatic nitrogens is 2. The number of nitrogens with zero attached hydrogens (tertiary/aromatic N) is 3. The first-order valence-corrected chi connectivity index (χ1v) is 7.94. The molecule has 3 rings (SSSR count). The quantitative estimate of drug-likeness (QED) is 0.697. The van der Waals surface area contributed by atoms with E-state index in [0.29, 0.717) is 16.5 Å². The van der Waals surface area contributed by atoms with Gasteiger partial charge in [0.05, 0.1) is 17.8 Å². The average Bonchev–Trinajstić information content (AvgIpc) is 3.10. The molecule has 0 aliphatic rings. The monoisotopic (exact) mass is 357 g/mol. The van der Waals surface area contributed by atoms with Crippen molar-refractivity contribution in [3.8, 4) is 17.1 Å². The summed E-state index contributed by atoms with van der Waals surface area (Å²) in [7, 11) is 3.26. The van der Waals surface area contributed by atoms with Crippen LogP contribution in [0.15, 0.2) is 53.1 Å². The van der Waals surface area contributed by atoms with Crippen molar-refractivity contribution in [3.63, 3.8) is 0 Å². The molecule has 1 aromatic heterocycles. The molecular weight excluding hydrogens is 342 g/mol. The topological polar surface area (TPSA) is 68.5 Å². The van der Waals surface area contributed by atoms with Gasteiger partial charge >= 0.3 is 0 Å². The van der Waals surface area contributed by atoms with Crippen LogP contribution in [0.3, 0.4) is 0 Å². The number of hydrogen-bond acceptors (Lipinski definition) is 5. The molecule has 0 spiro atoms. The summed E-state index contributed by atoms with van der Waals surface area (Å²) in [4.78, 5) is 18.2. The number of para-hydroxylation sites is 1. The van der Waals surface area contributed by atoms with Gasteiger partial charge in [-0.3, -0.25) is 4.79 Å². The number of rotatable bonds is 5. The van der Waals surface area contributed by atoms with E-state index in [1.54, 1.807) is 26.3 Å². The van der Waals surface area contributed by atoms with E-state index in [-0.39, 0.29) is 18.2 Å². The van der Waals surface area contributed by atoms with Crippen molar-refractivity contribution in [1.82, 2.24) is 10.1 Å². The van der Waals surface area contributed by atoms with Crippen LogP contribution in [-0.2, 0) is 11.2 Å². The molecule has 0 bridgehead atoms. The van der Waals surface area contributed by atoms with Crippen LogP contribution in [0, 0.1) is 0 Å². The second-order valence-corrected chi connectivity index (χ2v) is 5.73. The third-order valence-electron chi connectivity index (χ3n) is 3.71. The molecule has 7 heteroatoms. The van der Waals surface area contributed by atoms with Gasteiger partial charge in [0.15, 0.2) is 0 Å². The highest BCUT2D eigenvalue weighted by atomic mass is 35.5. The molecule has 0 radical (unpaired) electrons. The second kappa shape index (κ2) is 7.36. The third-order valence-corrected chi connectivity index (χ3v) is 4.03. The highest BCUT2D eigenvalue weighted by Gasteiger charge is 2.18. The Morgan fingerprint density at radius 2 is 1.92 bits per heavy atom. The highest BCUT2D eigenvalue weighted by molar-refractivity contribution is 6.33. The number of anilines is 1. The van der Waals surface area contributed by atoms with Crippen LogP contribution < -0.4 is 9.64 Å². The Balaban J connectivity index is 1.72. The Hall–Kier alpha value is -2.86. The number of benzene rings is 2. The van der Waals surface area contributed by atoms with E-state index in [2.05, 4.69) is 10.1 Å². The van der Waals surface area contributed by atoms with E-state index in [1.165, 1.54) is 4.90 Å². The van der Waals surface area contributed by atoms with Gasteiger partial charge in [0, 0.05) is 12.6 Å². The average molecular weight is 358 g/mol. The Bertz CT molecular complexity index is 877. The Labute approximate surface area is 150 Å². The lowest BCUT2D eigenvalue weighted by molar-refractivity contribution is -0.118. The van der Waals surface area contributed by atoms with Crippen LogP contribution in [0.4, 0.5) is 5.69 Å². The molecule has 1 amide bonds. The van der Waals surface area contributed by atoms with Crippen LogP contribution in [0.25, 0.3) is 11.4 Å². The van der Waals surface area contributed by atoms with Crippen molar-refractivity contribution in [3.05, 3.63) is 59.4 Å². The molecule has 0 atom stereocenters. The van der Waals surface area contributed by atoms with E-state index in [1.807, 2.05) is 36.4 Å². The maximum absolute atomic E-state index is 12.4. The summed E-state index contributed by atoms with van der Waals surface area (Å²) in [5.74, 6) is 1.21. The van der Waals surface area contributed by atoms with Crippen LogP contribution in [-0.4, -0.2) is 30.2 Å². The second-order valence-electron chi connectivity index (χ2n) is 5.32. The first kappa shape index (κ1) is 17.0. The lowest BCUT2D eigenvalue weighted by Crippen LogP contribution is -2.28. The van der Waals surface area contributed by atoms with E-state index in [0.717, 1.165) is 11.3 Å². The van der Waals surface area contributed by atoms with Gasteiger partial charge in [0.25, 0.3) is 0 Å². The molecule has 0 aliphatic carbocycles. The van der Waals surface area contributed by atoms with E-state index < -0.39 is 0 Å². The third kappa shape index (κ3) is 3.80. The first-order chi connectivity index (χ1) is 12.1. The van der Waals surface area contributed by atoms with E-state index in [4.69, 9.17) is 20.9 Å². The smallest absolute Gasteiger partial charge is 0.236 e. The zero-order chi connectivity index (χ0) is 17.8. The molecule has 0 fully saturated rings. The maximum Gasteiger partial charge on any atom is 0.236 e. The molecule has 3 aromatic rings. The van der Waals surface area contributed by atoms with Crippen LogP contribution in [0.5, 0.6) is 5.75 Å². The Morgan fingerprint density at radius 3 is 2.60 bits per heavy atom. The number of carbonyl (C=O) groups excluding carboxylic acids is 1. The summed E-state index contributed by atoms with van der Waals surface area (Å²) in [5, 5.41) is 4.42. The Morgan fingerprint density at radius 1 is 1.20 bits per heavy atom. The van der Waals surface area contributed by atoms with Gasteiger partial charge < -0.3 is 14.2 Å². The predicted octanol–water partition coefficient (Wildman–Crippen LogP) is 3.60. The molecule has 25 heavy (non-hydrogen) atoms. The number of hydrogen-bond donors (Lipinski definition) is 0. The number of likely N-dealkylation sites (N-methyl/N-ethyl adjacent to an activating group) is 1. The van der Waals surface area contributed by atoms with Gasteiger partial charge in [0.2, 0.25) is 17.6 Å². The van der Waals surface area contributed by atoms with E-state index in [9.17, 15) is 4.79 Å². The normalized spacial score (nSPS) is 10.5. The summed E-state index contributed by atoms with van der Waals surface area (Å²) in [6.45, 7) is 0. The van der Waals surface area contributed by atoms with Gasteiger partial charge in [-0.05, 0) is 36.4 Å². The predicted molar refractivity (Wildman–Crippen MR) is 94.9 cm³/mol. The molecule has 1 heterocycles. The molecule has 0 saturated heterocycles. The number of amides is 1. The fourth-order valence-electron chi connectivity index (χ4n) is 2.29. The molecule has 128 valence electrons. The van der Waals surface area contributed by atoms with Crippen LogP contribution >= 0.6 is 11.6 Å². The molecule has 0 aliphatic heterocycles. The minimum atomic E-state index is -0.196. The van der Waals surface area contributed by atoms with Gasteiger partial charge in [-0.1, -0.05) is 28.9 Å². The summed E-state index contributed by atoms with van der Waals surface area (Å²) in [6, 6.07) is 14.4. The van der Waals surface area contributed by atoms with E-state index >= 15 is 0 Å². The summed E-state index contributed by atoms with van der Waals surface area (Å²) in [6.07, 6.45) is -0.00905. The summed E-state index contributed by atoms with van der Waals surface area (Å²) < 4.78 is 10.3. The van der Waals surface area contributed by atoms with Crippen molar-refractivity contribution in [2.45, 2.75) is 6.42 Å². The standard InChI is InChI=1S/C18H16ClN3O3/c1-22(15-6-4-3-5-14(15)19)17(23)11-16-20-18(21-25-16)12-7-9-13(24-2)10-8-12/h3-10H,11H2,1-2H3. The minimum absolute atomic E-state index is 0.00905.